The molecule has 1 nitrogen and oxygen atoms in total. The highest BCUT2D eigenvalue weighted by molar-refractivity contribution is 7.15. The fraction of sp³-hybridized carbons (Fsp3) is 0.308. The van der Waals surface area contributed by atoms with Crippen molar-refractivity contribution >= 4 is 11.3 Å². The first-order valence-electron chi connectivity index (χ1n) is 5.24. The van der Waals surface area contributed by atoms with E-state index in [4.69, 9.17) is 0 Å². The third-order valence-electron chi connectivity index (χ3n) is 2.51. The van der Waals surface area contributed by atoms with Gasteiger partial charge in [-0.25, -0.2) is 4.98 Å². The third-order valence-corrected chi connectivity index (χ3v) is 3.86. The Morgan fingerprint density at radius 3 is 2.33 bits per heavy atom. The Hall–Kier alpha value is -1.15. The quantitative estimate of drug-likeness (QED) is 0.741. The summed E-state index contributed by atoms with van der Waals surface area (Å²) in [7, 11) is 0. The van der Waals surface area contributed by atoms with Crippen molar-refractivity contribution in [2.45, 2.75) is 27.2 Å². The molecule has 0 fully saturated rings. The zero-order chi connectivity index (χ0) is 10.8. The van der Waals surface area contributed by atoms with E-state index in [2.05, 4.69) is 50.0 Å². The predicted octanol–water partition coefficient (Wildman–Crippen LogP) is 3.99. The molecule has 2 heteroatoms. The van der Waals surface area contributed by atoms with Gasteiger partial charge in [0.2, 0.25) is 0 Å². The number of benzene rings is 1. The highest BCUT2D eigenvalue weighted by Gasteiger charge is 2.07. The van der Waals surface area contributed by atoms with Crippen LogP contribution in [-0.4, -0.2) is 4.98 Å². The Morgan fingerprint density at radius 1 is 1.13 bits per heavy atom. The van der Waals surface area contributed by atoms with Crippen LogP contribution < -0.4 is 0 Å². The summed E-state index contributed by atoms with van der Waals surface area (Å²) < 4.78 is 0. The molecule has 15 heavy (non-hydrogen) atoms. The van der Waals surface area contributed by atoms with Crippen LogP contribution in [0.3, 0.4) is 0 Å². The van der Waals surface area contributed by atoms with Crippen molar-refractivity contribution in [1.82, 2.24) is 4.98 Å². The lowest BCUT2D eigenvalue weighted by Gasteiger charge is -1.96. The van der Waals surface area contributed by atoms with Crippen molar-refractivity contribution in [3.05, 3.63) is 40.4 Å². The Labute approximate surface area is 94.8 Å². The van der Waals surface area contributed by atoms with Crippen LogP contribution in [-0.2, 0) is 6.42 Å². The van der Waals surface area contributed by atoms with Gasteiger partial charge in [-0.05, 0) is 20.3 Å². The Bertz CT molecular complexity index is 454. The summed E-state index contributed by atoms with van der Waals surface area (Å²) in [5.41, 5.74) is 3.70. The highest BCUT2D eigenvalue weighted by atomic mass is 32.1. The van der Waals surface area contributed by atoms with E-state index < -0.39 is 0 Å². The second kappa shape index (κ2) is 4.15. The maximum atomic E-state index is 4.60. The molecule has 0 aliphatic heterocycles. The summed E-state index contributed by atoms with van der Waals surface area (Å²) in [5.74, 6) is 0. The van der Waals surface area contributed by atoms with Crippen molar-refractivity contribution in [2.24, 2.45) is 0 Å². The molecule has 1 aromatic carbocycles. The molecule has 0 bridgehead atoms. The van der Waals surface area contributed by atoms with Crippen LogP contribution in [0.2, 0.25) is 0 Å². The predicted molar refractivity (Wildman–Crippen MR) is 66.4 cm³/mol. The van der Waals surface area contributed by atoms with E-state index in [1.165, 1.54) is 21.7 Å². The number of aromatic nitrogens is 1. The van der Waals surface area contributed by atoms with E-state index in [1.807, 2.05) is 11.3 Å². The second-order valence-electron chi connectivity index (χ2n) is 3.75. The fourth-order valence-corrected chi connectivity index (χ4v) is 2.58. The summed E-state index contributed by atoms with van der Waals surface area (Å²) in [5, 5.41) is 1.14. The molecule has 0 aliphatic carbocycles. The van der Waals surface area contributed by atoms with Crippen molar-refractivity contribution in [2.75, 3.05) is 0 Å². The largest absolute Gasteiger partial charge is 0.241 e. The van der Waals surface area contributed by atoms with E-state index >= 15 is 0 Å². The van der Waals surface area contributed by atoms with Crippen LogP contribution >= 0.6 is 11.3 Å². The first-order valence-corrected chi connectivity index (χ1v) is 6.05. The molecule has 78 valence electrons. The van der Waals surface area contributed by atoms with Gasteiger partial charge < -0.3 is 0 Å². The second-order valence-corrected chi connectivity index (χ2v) is 4.83. The van der Waals surface area contributed by atoms with Crippen molar-refractivity contribution in [3.63, 3.8) is 0 Å². The Kier molecular flexibility index (Phi) is 2.87. The van der Waals surface area contributed by atoms with E-state index in [9.17, 15) is 0 Å². The molecule has 0 spiro atoms. The van der Waals surface area contributed by atoms with Gasteiger partial charge in [0.1, 0.15) is 5.01 Å². The molecule has 2 aromatic rings. The fourth-order valence-electron chi connectivity index (χ4n) is 1.58. The van der Waals surface area contributed by atoms with Crippen molar-refractivity contribution < 1.29 is 0 Å². The smallest absolute Gasteiger partial charge is 0.123 e. The van der Waals surface area contributed by atoms with Crippen LogP contribution in [0, 0.1) is 13.8 Å². The molecule has 0 aliphatic rings. The molecule has 0 amide bonds. The van der Waals surface area contributed by atoms with Crippen LogP contribution in [0.1, 0.15) is 23.1 Å². The lowest BCUT2D eigenvalue weighted by molar-refractivity contribution is 1.11. The molecule has 1 heterocycles. The van der Waals surface area contributed by atoms with E-state index in [-0.39, 0.29) is 0 Å². The number of hydrogen-bond acceptors (Lipinski definition) is 2. The van der Waals surface area contributed by atoms with Crippen LogP contribution in [0.25, 0.3) is 10.6 Å². The third kappa shape index (κ3) is 2.10. The summed E-state index contributed by atoms with van der Waals surface area (Å²) in [6.45, 7) is 6.38. The molecule has 2 rings (SSSR count). The normalized spacial score (nSPS) is 10.6. The first-order chi connectivity index (χ1) is 7.20. The summed E-state index contributed by atoms with van der Waals surface area (Å²) in [6.07, 6.45) is 1.08. The molecule has 0 saturated heterocycles. The van der Waals surface area contributed by atoms with Gasteiger partial charge >= 0.3 is 0 Å². The van der Waals surface area contributed by atoms with Crippen molar-refractivity contribution in [1.29, 1.82) is 0 Å². The SMILES string of the molecule is CCc1sc(-c2ccc(C)cc2)nc1C. The van der Waals surface area contributed by atoms with Crippen LogP contribution in [0.15, 0.2) is 24.3 Å². The number of hydrogen-bond donors (Lipinski definition) is 0. The zero-order valence-electron chi connectivity index (χ0n) is 9.37. The van der Waals surface area contributed by atoms with Gasteiger partial charge in [-0.15, -0.1) is 11.3 Å². The molecular formula is C13H15NS. The van der Waals surface area contributed by atoms with Gasteiger partial charge in [0, 0.05) is 10.4 Å². The van der Waals surface area contributed by atoms with Gasteiger partial charge in [0.15, 0.2) is 0 Å². The Morgan fingerprint density at radius 2 is 1.80 bits per heavy atom. The minimum Gasteiger partial charge on any atom is -0.241 e. The minimum absolute atomic E-state index is 1.08. The zero-order valence-corrected chi connectivity index (χ0v) is 10.2. The summed E-state index contributed by atoms with van der Waals surface area (Å²) in [6, 6.07) is 8.56. The number of rotatable bonds is 2. The average Bonchev–Trinajstić information content (AvgIpc) is 2.61. The number of thiazole rings is 1. The van der Waals surface area contributed by atoms with Gasteiger partial charge in [-0.2, -0.15) is 0 Å². The van der Waals surface area contributed by atoms with Crippen LogP contribution in [0.4, 0.5) is 0 Å². The Balaban J connectivity index is 2.41. The standard InChI is InChI=1S/C13H15NS/c1-4-12-10(3)14-13(15-12)11-7-5-9(2)6-8-11/h5-8H,4H2,1-3H3. The number of aryl methyl sites for hydroxylation is 3. The maximum Gasteiger partial charge on any atom is 0.123 e. The van der Waals surface area contributed by atoms with Gasteiger partial charge in [0.25, 0.3) is 0 Å². The molecule has 0 saturated carbocycles. The van der Waals surface area contributed by atoms with E-state index in [0.717, 1.165) is 11.4 Å². The molecule has 1 aromatic heterocycles. The monoisotopic (exact) mass is 217 g/mol. The maximum absolute atomic E-state index is 4.60. The van der Waals surface area contributed by atoms with Crippen molar-refractivity contribution in [3.8, 4) is 10.6 Å². The summed E-state index contributed by atoms with van der Waals surface area (Å²) in [4.78, 5) is 5.99. The molecule has 0 unspecified atom stereocenters. The number of nitrogens with zero attached hydrogens (tertiary/aromatic N) is 1. The van der Waals surface area contributed by atoms with Gasteiger partial charge in [0.05, 0.1) is 5.69 Å². The highest BCUT2D eigenvalue weighted by Crippen LogP contribution is 2.28. The summed E-state index contributed by atoms with van der Waals surface area (Å²) >= 11 is 1.81. The molecular weight excluding hydrogens is 202 g/mol. The molecule has 0 radical (unpaired) electrons. The first kappa shape index (κ1) is 10.4. The van der Waals surface area contributed by atoms with Gasteiger partial charge in [-0.3, -0.25) is 0 Å². The lowest BCUT2D eigenvalue weighted by Crippen LogP contribution is -1.79. The molecule has 0 atom stereocenters. The van der Waals surface area contributed by atoms with Gasteiger partial charge in [-0.1, -0.05) is 36.8 Å². The topological polar surface area (TPSA) is 12.9 Å². The average molecular weight is 217 g/mol. The van der Waals surface area contributed by atoms with Crippen LogP contribution in [0.5, 0.6) is 0 Å². The minimum atomic E-state index is 1.08. The van der Waals surface area contributed by atoms with E-state index in [0.29, 0.717) is 0 Å². The molecule has 0 N–H and O–H groups in total. The van der Waals surface area contributed by atoms with E-state index in [1.54, 1.807) is 0 Å². The lowest BCUT2D eigenvalue weighted by atomic mass is 10.2.